The van der Waals surface area contributed by atoms with E-state index >= 15 is 0 Å². The molecule has 0 aliphatic carbocycles. The van der Waals surface area contributed by atoms with Crippen molar-refractivity contribution in [2.45, 2.75) is 56.1 Å². The molecule has 30 heavy (non-hydrogen) atoms. The Bertz CT molecular complexity index is 1040. The molecule has 0 saturated carbocycles. The van der Waals surface area contributed by atoms with E-state index in [0.717, 1.165) is 39.4 Å². The Morgan fingerprint density at radius 3 is 2.17 bits per heavy atom. The minimum Gasteiger partial charge on any atom is -0.241 e. The van der Waals surface area contributed by atoms with Crippen molar-refractivity contribution < 1.29 is 8.78 Å². The van der Waals surface area contributed by atoms with Crippen LogP contribution in [0.15, 0.2) is 53.4 Å². The molecule has 3 rings (SSSR count). The first kappa shape index (κ1) is 22.5. The van der Waals surface area contributed by atoms with Crippen molar-refractivity contribution in [3.8, 4) is 16.6 Å². The normalized spacial score (nSPS) is 12.0. The molecule has 0 radical (unpaired) electrons. The molecular weight excluding hydrogens is 418 g/mol. The number of thiazole rings is 1. The second-order valence-corrected chi connectivity index (χ2v) is 10.2. The number of thioether (sulfide) groups is 1. The highest BCUT2D eigenvalue weighted by molar-refractivity contribution is 7.98. The lowest BCUT2D eigenvalue weighted by Gasteiger charge is -2.21. The minimum absolute atomic E-state index is 0.0108. The maximum atomic E-state index is 13.4. The number of alkyl halides is 2. The molecule has 0 fully saturated rings. The number of nitrogens with zero attached hydrogens (tertiary/aromatic N) is 2. The van der Waals surface area contributed by atoms with E-state index in [1.54, 1.807) is 35.2 Å². The number of rotatable bonds is 7. The topological polar surface area (TPSA) is 36.7 Å². The Morgan fingerprint density at radius 2 is 1.60 bits per heavy atom. The maximum Gasteiger partial charge on any atom is 0.270 e. The third-order valence-electron chi connectivity index (χ3n) is 5.06. The molecule has 2 nitrogen and oxygen atoms in total. The van der Waals surface area contributed by atoms with Gasteiger partial charge in [0, 0.05) is 45.4 Å². The second-order valence-electron chi connectivity index (χ2n) is 8.03. The third-order valence-corrected chi connectivity index (χ3v) is 7.49. The summed E-state index contributed by atoms with van der Waals surface area (Å²) in [5.41, 5.74) is 2.84. The van der Waals surface area contributed by atoms with Gasteiger partial charge in [0.15, 0.2) is 0 Å². The summed E-state index contributed by atoms with van der Waals surface area (Å²) in [6.45, 7) is 7.05. The van der Waals surface area contributed by atoms with Crippen LogP contribution in [0, 0.1) is 18.3 Å². The number of hydrogen-bond acceptors (Lipinski definition) is 4. The van der Waals surface area contributed by atoms with Crippen LogP contribution in [0.3, 0.4) is 0 Å². The molecule has 0 unspecified atom stereocenters. The first-order valence-electron chi connectivity index (χ1n) is 9.65. The molecule has 0 atom stereocenters. The van der Waals surface area contributed by atoms with Crippen LogP contribution >= 0.6 is 23.1 Å². The Kier molecular flexibility index (Phi) is 6.64. The van der Waals surface area contributed by atoms with Gasteiger partial charge in [0.1, 0.15) is 5.01 Å². The van der Waals surface area contributed by atoms with E-state index in [9.17, 15) is 8.78 Å². The second kappa shape index (κ2) is 8.87. The van der Waals surface area contributed by atoms with Gasteiger partial charge < -0.3 is 0 Å². The number of aromatic nitrogens is 1. The molecule has 6 heteroatoms. The van der Waals surface area contributed by atoms with Gasteiger partial charge in [-0.2, -0.15) is 5.26 Å². The highest BCUT2D eigenvalue weighted by Crippen LogP contribution is 2.35. The third kappa shape index (κ3) is 5.27. The van der Waals surface area contributed by atoms with E-state index in [4.69, 9.17) is 5.26 Å². The van der Waals surface area contributed by atoms with E-state index < -0.39 is 5.92 Å². The summed E-state index contributed by atoms with van der Waals surface area (Å²) in [5.74, 6) is -2.03. The van der Waals surface area contributed by atoms with Crippen LogP contribution in [-0.4, -0.2) is 4.98 Å². The Hall–Kier alpha value is -2.23. The molecule has 2 aromatic carbocycles. The monoisotopic (exact) mass is 442 g/mol. The number of halogens is 2. The molecule has 0 saturated heterocycles. The average Bonchev–Trinajstić information content (AvgIpc) is 3.07. The van der Waals surface area contributed by atoms with Crippen molar-refractivity contribution in [2.24, 2.45) is 0 Å². The van der Waals surface area contributed by atoms with E-state index in [-0.39, 0.29) is 11.0 Å². The van der Waals surface area contributed by atoms with Gasteiger partial charge in [0.25, 0.3) is 5.92 Å². The van der Waals surface area contributed by atoms with Gasteiger partial charge in [-0.05, 0) is 24.6 Å². The highest BCUT2D eigenvalue weighted by atomic mass is 32.2. The molecular formula is C24H24F2N2S2. The van der Waals surface area contributed by atoms with Crippen molar-refractivity contribution in [3.05, 3.63) is 70.2 Å². The molecule has 0 N–H and O–H groups in total. The largest absolute Gasteiger partial charge is 0.270 e. The zero-order chi connectivity index (χ0) is 21.9. The molecule has 156 valence electrons. The van der Waals surface area contributed by atoms with Crippen molar-refractivity contribution in [1.29, 1.82) is 5.26 Å². The van der Waals surface area contributed by atoms with Crippen LogP contribution < -0.4 is 0 Å². The summed E-state index contributed by atoms with van der Waals surface area (Å²) in [7, 11) is 0. The quantitative estimate of drug-likeness (QED) is 0.352. The van der Waals surface area contributed by atoms with Crippen molar-refractivity contribution in [2.75, 3.05) is 0 Å². The average molecular weight is 443 g/mol. The Morgan fingerprint density at radius 1 is 1.00 bits per heavy atom. The van der Waals surface area contributed by atoms with Crippen LogP contribution in [0.1, 0.15) is 48.9 Å². The van der Waals surface area contributed by atoms with Gasteiger partial charge in [-0.3, -0.25) is 0 Å². The van der Waals surface area contributed by atoms with Crippen LogP contribution in [-0.2, 0) is 17.1 Å². The summed E-state index contributed by atoms with van der Waals surface area (Å²) in [5, 5.41) is 9.85. The molecule has 0 bridgehead atoms. The van der Waals surface area contributed by atoms with E-state index in [2.05, 4.69) is 49.2 Å². The SMILES string of the molecule is Cc1nc(-c2ccc(C(C)(F)F)cc2)sc1CSc1ccc(C(C)(C)CC#N)cc1. The summed E-state index contributed by atoms with van der Waals surface area (Å²) in [6.07, 6.45) is 0.485. The van der Waals surface area contributed by atoms with Gasteiger partial charge in [-0.15, -0.1) is 23.1 Å². The predicted octanol–water partition coefficient (Wildman–Crippen LogP) is 7.71. The molecule has 0 spiro atoms. The lowest BCUT2D eigenvalue weighted by molar-refractivity contribution is 0.0175. The van der Waals surface area contributed by atoms with Crippen molar-refractivity contribution in [1.82, 2.24) is 4.98 Å². The van der Waals surface area contributed by atoms with Gasteiger partial charge in [-0.25, -0.2) is 13.8 Å². The zero-order valence-corrected chi connectivity index (χ0v) is 19.1. The summed E-state index contributed by atoms with van der Waals surface area (Å²) >= 11 is 3.34. The van der Waals surface area contributed by atoms with Crippen LogP contribution in [0.4, 0.5) is 8.78 Å². The number of nitriles is 1. The molecule has 0 aliphatic heterocycles. The fourth-order valence-corrected chi connectivity index (χ4v) is 5.15. The summed E-state index contributed by atoms with van der Waals surface area (Å²) in [4.78, 5) is 6.98. The number of aryl methyl sites for hydroxylation is 1. The fourth-order valence-electron chi connectivity index (χ4n) is 3.04. The van der Waals surface area contributed by atoms with Crippen LogP contribution in [0.2, 0.25) is 0 Å². The predicted molar refractivity (Wildman–Crippen MR) is 121 cm³/mol. The molecule has 1 aromatic heterocycles. The molecule has 0 aliphatic rings. The fraction of sp³-hybridized carbons (Fsp3) is 0.333. The van der Waals surface area contributed by atoms with Crippen molar-refractivity contribution in [3.63, 3.8) is 0 Å². The lowest BCUT2D eigenvalue weighted by Crippen LogP contribution is -2.15. The Labute approximate surface area is 185 Å². The maximum absolute atomic E-state index is 13.4. The van der Waals surface area contributed by atoms with E-state index in [0.29, 0.717) is 6.42 Å². The molecule has 1 heterocycles. The molecule has 0 amide bonds. The van der Waals surface area contributed by atoms with Gasteiger partial charge in [0.2, 0.25) is 0 Å². The van der Waals surface area contributed by atoms with Crippen LogP contribution in [0.5, 0.6) is 0 Å². The summed E-state index contributed by atoms with van der Waals surface area (Å²) in [6, 6.07) is 17.0. The first-order chi connectivity index (χ1) is 14.1. The van der Waals surface area contributed by atoms with Gasteiger partial charge in [0.05, 0.1) is 11.8 Å². The first-order valence-corrected chi connectivity index (χ1v) is 11.5. The smallest absolute Gasteiger partial charge is 0.241 e. The number of benzene rings is 2. The number of hydrogen-bond donors (Lipinski definition) is 0. The van der Waals surface area contributed by atoms with Crippen molar-refractivity contribution >= 4 is 23.1 Å². The van der Waals surface area contributed by atoms with E-state index in [1.165, 1.54) is 17.0 Å². The standard InChI is InChI=1S/C24H24F2N2S2/c1-16-21(15-29-20-11-9-18(10-12-20)23(2,3)13-14-27)30-22(28-16)17-5-7-19(8-6-17)24(4,25)26/h5-12H,13,15H2,1-4H3. The van der Waals surface area contributed by atoms with E-state index in [1.807, 2.05) is 6.92 Å². The highest BCUT2D eigenvalue weighted by Gasteiger charge is 2.24. The zero-order valence-electron chi connectivity index (χ0n) is 17.5. The minimum atomic E-state index is -2.83. The van der Waals surface area contributed by atoms with Gasteiger partial charge in [-0.1, -0.05) is 50.2 Å². The Balaban J connectivity index is 1.69. The molecule has 3 aromatic rings. The van der Waals surface area contributed by atoms with Crippen LogP contribution in [0.25, 0.3) is 10.6 Å². The lowest BCUT2D eigenvalue weighted by atomic mass is 9.82. The summed E-state index contributed by atoms with van der Waals surface area (Å²) < 4.78 is 26.8. The van der Waals surface area contributed by atoms with Gasteiger partial charge >= 0.3 is 0 Å².